The standard InChI is InChI=1S/C16H10F4N4O/c17-10-3-1-8(2-4-10)9-5-12-11(13(25)6-9)7-24-15(21-12)22-14(23-24)16(18,19)20/h1-4,7,9H,5-6H2. The van der Waals surface area contributed by atoms with Crippen molar-refractivity contribution in [2.45, 2.75) is 24.9 Å². The first kappa shape index (κ1) is 15.7. The highest BCUT2D eigenvalue weighted by Crippen LogP contribution is 2.32. The van der Waals surface area contributed by atoms with Gasteiger partial charge in [0.25, 0.3) is 11.6 Å². The van der Waals surface area contributed by atoms with Crippen LogP contribution in [0.4, 0.5) is 17.6 Å². The van der Waals surface area contributed by atoms with Crippen molar-refractivity contribution in [1.82, 2.24) is 19.6 Å². The number of benzene rings is 1. The Morgan fingerprint density at radius 2 is 1.80 bits per heavy atom. The van der Waals surface area contributed by atoms with E-state index in [1.54, 1.807) is 12.1 Å². The molecule has 1 aliphatic carbocycles. The summed E-state index contributed by atoms with van der Waals surface area (Å²) in [4.78, 5) is 19.9. The molecule has 0 saturated heterocycles. The molecule has 0 saturated carbocycles. The lowest BCUT2D eigenvalue weighted by Gasteiger charge is -2.23. The molecule has 1 aromatic carbocycles. The molecule has 3 aromatic rings. The highest BCUT2D eigenvalue weighted by atomic mass is 19.4. The predicted molar refractivity (Wildman–Crippen MR) is 77.6 cm³/mol. The summed E-state index contributed by atoms with van der Waals surface area (Å²) in [5.74, 6) is -2.34. The molecule has 4 rings (SSSR count). The predicted octanol–water partition coefficient (Wildman–Crippen LogP) is 3.19. The molecule has 0 spiro atoms. The number of ketones is 1. The van der Waals surface area contributed by atoms with E-state index in [-0.39, 0.29) is 35.3 Å². The zero-order valence-electron chi connectivity index (χ0n) is 12.6. The molecule has 1 aliphatic rings. The third-order valence-corrected chi connectivity index (χ3v) is 4.18. The number of halogens is 4. The van der Waals surface area contributed by atoms with Crippen molar-refractivity contribution in [1.29, 1.82) is 0 Å². The Labute approximate surface area is 138 Å². The van der Waals surface area contributed by atoms with Gasteiger partial charge in [-0.25, -0.2) is 13.9 Å². The van der Waals surface area contributed by atoms with Crippen molar-refractivity contribution in [2.75, 3.05) is 0 Å². The second-order valence-electron chi connectivity index (χ2n) is 5.86. The number of carbonyl (C=O) groups is 1. The van der Waals surface area contributed by atoms with Gasteiger partial charge in [0.05, 0.1) is 11.3 Å². The van der Waals surface area contributed by atoms with E-state index in [0.29, 0.717) is 12.1 Å². The minimum absolute atomic E-state index is 0.173. The topological polar surface area (TPSA) is 60.2 Å². The van der Waals surface area contributed by atoms with Gasteiger partial charge in [-0.15, -0.1) is 5.10 Å². The van der Waals surface area contributed by atoms with Gasteiger partial charge in [0.15, 0.2) is 5.78 Å². The fraction of sp³-hybridized carbons (Fsp3) is 0.250. The molecule has 9 heteroatoms. The normalized spacial score (nSPS) is 17.8. The van der Waals surface area contributed by atoms with Crippen LogP contribution in [0.15, 0.2) is 30.5 Å². The van der Waals surface area contributed by atoms with E-state index in [2.05, 4.69) is 15.1 Å². The lowest BCUT2D eigenvalue weighted by molar-refractivity contribution is -0.144. The van der Waals surface area contributed by atoms with Crippen molar-refractivity contribution >= 4 is 11.6 Å². The Morgan fingerprint density at radius 1 is 1.08 bits per heavy atom. The molecule has 0 aliphatic heterocycles. The van der Waals surface area contributed by atoms with E-state index in [1.165, 1.54) is 18.3 Å². The quantitative estimate of drug-likeness (QED) is 0.633. The van der Waals surface area contributed by atoms with Crippen LogP contribution in [0.3, 0.4) is 0 Å². The van der Waals surface area contributed by atoms with Gasteiger partial charge in [-0.2, -0.15) is 18.2 Å². The molecule has 0 bridgehead atoms. The number of rotatable bonds is 1. The van der Waals surface area contributed by atoms with Crippen LogP contribution in [-0.2, 0) is 12.6 Å². The summed E-state index contributed by atoms with van der Waals surface area (Å²) >= 11 is 0. The fourth-order valence-corrected chi connectivity index (χ4v) is 2.97. The monoisotopic (exact) mass is 350 g/mol. The number of hydrogen-bond donors (Lipinski definition) is 0. The van der Waals surface area contributed by atoms with Crippen molar-refractivity contribution in [2.24, 2.45) is 0 Å². The number of Topliss-reactive ketones (excluding diaryl/α,β-unsaturated/α-hetero) is 1. The summed E-state index contributed by atoms with van der Waals surface area (Å²) in [6.45, 7) is 0. The Hall–Kier alpha value is -2.84. The van der Waals surface area contributed by atoms with Crippen LogP contribution in [0.1, 0.15) is 39.8 Å². The first-order valence-corrected chi connectivity index (χ1v) is 7.43. The van der Waals surface area contributed by atoms with Gasteiger partial charge in [-0.05, 0) is 30.0 Å². The van der Waals surface area contributed by atoms with E-state index in [9.17, 15) is 22.4 Å². The van der Waals surface area contributed by atoms with Gasteiger partial charge in [0.2, 0.25) is 0 Å². The van der Waals surface area contributed by atoms with Crippen LogP contribution in [0.25, 0.3) is 5.78 Å². The van der Waals surface area contributed by atoms with Gasteiger partial charge in [0, 0.05) is 12.6 Å². The summed E-state index contributed by atoms with van der Waals surface area (Å²) in [6, 6.07) is 5.80. The average Bonchev–Trinajstić information content (AvgIpc) is 2.97. The van der Waals surface area contributed by atoms with Crippen LogP contribution >= 0.6 is 0 Å². The van der Waals surface area contributed by atoms with E-state index in [1.807, 2.05) is 0 Å². The molecule has 0 N–H and O–H groups in total. The van der Waals surface area contributed by atoms with Crippen molar-refractivity contribution < 1.29 is 22.4 Å². The SMILES string of the molecule is O=C1CC(c2ccc(F)cc2)Cc2nc3nc(C(F)(F)F)nn3cc21. The maximum absolute atomic E-state index is 13.1. The zero-order chi connectivity index (χ0) is 17.8. The number of carbonyl (C=O) groups excluding carboxylic acids is 1. The van der Waals surface area contributed by atoms with Gasteiger partial charge in [-0.1, -0.05) is 12.1 Å². The highest BCUT2D eigenvalue weighted by molar-refractivity contribution is 5.98. The van der Waals surface area contributed by atoms with Crippen LogP contribution in [0.5, 0.6) is 0 Å². The van der Waals surface area contributed by atoms with Crippen LogP contribution in [-0.4, -0.2) is 25.4 Å². The van der Waals surface area contributed by atoms with Crippen molar-refractivity contribution in [3.8, 4) is 0 Å². The molecule has 1 atom stereocenters. The largest absolute Gasteiger partial charge is 0.453 e. The molecule has 25 heavy (non-hydrogen) atoms. The molecule has 5 nitrogen and oxygen atoms in total. The smallest absolute Gasteiger partial charge is 0.294 e. The summed E-state index contributed by atoms with van der Waals surface area (Å²) in [6.07, 6.45) is -2.91. The highest BCUT2D eigenvalue weighted by Gasteiger charge is 2.37. The zero-order valence-corrected chi connectivity index (χ0v) is 12.6. The Bertz CT molecular complexity index is 978. The number of alkyl halides is 3. The molecule has 1 unspecified atom stereocenters. The molecule has 0 amide bonds. The fourth-order valence-electron chi connectivity index (χ4n) is 2.97. The Balaban J connectivity index is 1.75. The second-order valence-corrected chi connectivity index (χ2v) is 5.86. The summed E-state index contributed by atoms with van der Waals surface area (Å²) in [5.41, 5.74) is 1.39. The molecule has 128 valence electrons. The van der Waals surface area contributed by atoms with Gasteiger partial charge < -0.3 is 0 Å². The number of aromatic nitrogens is 4. The maximum atomic E-state index is 13.1. The first-order chi connectivity index (χ1) is 11.8. The number of fused-ring (bicyclic) bond motifs is 2. The van der Waals surface area contributed by atoms with Gasteiger partial charge >= 0.3 is 6.18 Å². The molecule has 2 aromatic heterocycles. The number of nitrogens with zero attached hydrogens (tertiary/aromatic N) is 4. The van der Waals surface area contributed by atoms with Gasteiger partial charge in [-0.3, -0.25) is 4.79 Å². The third-order valence-electron chi connectivity index (χ3n) is 4.18. The summed E-state index contributed by atoms with van der Waals surface area (Å²) in [5, 5.41) is 3.34. The summed E-state index contributed by atoms with van der Waals surface area (Å²) in [7, 11) is 0. The van der Waals surface area contributed by atoms with Crippen molar-refractivity contribution in [3.63, 3.8) is 0 Å². The van der Waals surface area contributed by atoms with Gasteiger partial charge in [0.1, 0.15) is 5.82 Å². The maximum Gasteiger partial charge on any atom is 0.453 e. The van der Waals surface area contributed by atoms with Crippen molar-refractivity contribution in [3.05, 3.63) is 58.9 Å². The van der Waals surface area contributed by atoms with E-state index < -0.39 is 12.0 Å². The second kappa shape index (κ2) is 5.33. The molecule has 0 fully saturated rings. The van der Waals surface area contributed by atoms with Crippen LogP contribution in [0.2, 0.25) is 0 Å². The molecule has 0 radical (unpaired) electrons. The van der Waals surface area contributed by atoms with Crippen LogP contribution in [0, 0.1) is 5.82 Å². The number of hydrogen-bond acceptors (Lipinski definition) is 4. The average molecular weight is 350 g/mol. The molecule has 2 heterocycles. The first-order valence-electron chi connectivity index (χ1n) is 7.43. The minimum Gasteiger partial charge on any atom is -0.294 e. The van der Waals surface area contributed by atoms with E-state index in [4.69, 9.17) is 0 Å². The van der Waals surface area contributed by atoms with Crippen LogP contribution < -0.4 is 0 Å². The minimum atomic E-state index is -4.69. The lowest BCUT2D eigenvalue weighted by atomic mass is 9.82. The third kappa shape index (κ3) is 2.75. The molecular weight excluding hydrogens is 340 g/mol. The molecular formula is C16H10F4N4O. The lowest BCUT2D eigenvalue weighted by Crippen LogP contribution is -2.21. The summed E-state index contributed by atoms with van der Waals surface area (Å²) < 4.78 is 52.1. The Morgan fingerprint density at radius 3 is 2.48 bits per heavy atom. The van der Waals surface area contributed by atoms with E-state index >= 15 is 0 Å². The van der Waals surface area contributed by atoms with E-state index in [0.717, 1.165) is 10.1 Å². The Kier molecular flexibility index (Phi) is 3.34.